The molecule has 0 aliphatic rings. The number of hydrogen-bond donors (Lipinski definition) is 3. The summed E-state index contributed by atoms with van der Waals surface area (Å²) in [5.74, 6) is -2.34. The second kappa shape index (κ2) is 8.99. The van der Waals surface area contributed by atoms with Crippen LogP contribution < -0.4 is 22.3 Å². The predicted octanol–water partition coefficient (Wildman–Crippen LogP) is 2.55. The van der Waals surface area contributed by atoms with Crippen molar-refractivity contribution in [1.29, 1.82) is 0 Å². The van der Waals surface area contributed by atoms with Gasteiger partial charge in [-0.2, -0.15) is 4.98 Å². The summed E-state index contributed by atoms with van der Waals surface area (Å²) in [5.41, 5.74) is 10.1. The van der Waals surface area contributed by atoms with E-state index in [-0.39, 0.29) is 53.0 Å². The van der Waals surface area contributed by atoms with E-state index in [2.05, 4.69) is 20.3 Å². The van der Waals surface area contributed by atoms with Crippen molar-refractivity contribution in [3.8, 4) is 16.9 Å². The SMILES string of the molecule is NC(N)=NCCNc1nc(-c2ccc(F)cc2F)c2ccc(=O)n(-c3ccccc3F)c2n1. The average molecular weight is 453 g/mol. The standard InChI is InChI=1S/C22H18F3N7O/c23-12-5-6-13(16(25)11-12)19-14-7-8-18(33)32(17-4-2-1-3-15(17)24)20(14)31-22(30-19)29-10-9-28-21(26)27/h1-8,11H,9-10H2,(H4,26,27,28)(H,29,30,31). The molecular weight excluding hydrogens is 435 g/mol. The number of halogens is 3. The summed E-state index contributed by atoms with van der Waals surface area (Å²) < 4.78 is 43.8. The molecule has 0 amide bonds. The summed E-state index contributed by atoms with van der Waals surface area (Å²) in [6.07, 6.45) is 0. The Morgan fingerprint density at radius 3 is 2.52 bits per heavy atom. The normalized spacial score (nSPS) is 10.9. The Balaban J connectivity index is 1.98. The van der Waals surface area contributed by atoms with Crippen molar-refractivity contribution in [2.45, 2.75) is 0 Å². The number of benzene rings is 2. The Bertz CT molecular complexity index is 1430. The van der Waals surface area contributed by atoms with Crippen LogP contribution in [0.5, 0.6) is 0 Å². The first-order valence-electron chi connectivity index (χ1n) is 9.78. The third kappa shape index (κ3) is 4.47. The molecule has 4 aromatic rings. The molecule has 0 aliphatic heterocycles. The van der Waals surface area contributed by atoms with E-state index in [1.54, 1.807) is 6.07 Å². The van der Waals surface area contributed by atoms with Crippen molar-refractivity contribution < 1.29 is 13.2 Å². The molecule has 0 fully saturated rings. The highest BCUT2D eigenvalue weighted by Crippen LogP contribution is 2.30. The van der Waals surface area contributed by atoms with Gasteiger partial charge < -0.3 is 16.8 Å². The van der Waals surface area contributed by atoms with Crippen LogP contribution in [0.2, 0.25) is 0 Å². The summed E-state index contributed by atoms with van der Waals surface area (Å²) in [7, 11) is 0. The number of nitrogens with two attached hydrogens (primary N) is 2. The van der Waals surface area contributed by atoms with Gasteiger partial charge in [0.2, 0.25) is 5.95 Å². The molecule has 8 nitrogen and oxygen atoms in total. The van der Waals surface area contributed by atoms with Crippen molar-refractivity contribution in [2.75, 3.05) is 18.4 Å². The Labute approximate surface area is 185 Å². The smallest absolute Gasteiger partial charge is 0.256 e. The number of aliphatic imine (C=N–C) groups is 1. The van der Waals surface area contributed by atoms with Gasteiger partial charge in [-0.15, -0.1) is 0 Å². The number of pyridine rings is 1. The Kier molecular flexibility index (Phi) is 5.94. The number of fused-ring (bicyclic) bond motifs is 1. The Morgan fingerprint density at radius 1 is 1.00 bits per heavy atom. The zero-order chi connectivity index (χ0) is 23.5. The number of hydrogen-bond acceptors (Lipinski definition) is 5. The minimum atomic E-state index is -0.856. The molecule has 33 heavy (non-hydrogen) atoms. The van der Waals surface area contributed by atoms with Crippen LogP contribution in [0.25, 0.3) is 28.0 Å². The van der Waals surface area contributed by atoms with Gasteiger partial charge in [0, 0.05) is 29.6 Å². The number of guanidine groups is 1. The highest BCUT2D eigenvalue weighted by molar-refractivity contribution is 5.92. The third-order valence-electron chi connectivity index (χ3n) is 4.72. The highest BCUT2D eigenvalue weighted by Gasteiger charge is 2.19. The molecule has 0 spiro atoms. The first kappa shape index (κ1) is 21.8. The van der Waals surface area contributed by atoms with Gasteiger partial charge in [-0.3, -0.25) is 14.4 Å². The molecule has 168 valence electrons. The maximum Gasteiger partial charge on any atom is 0.256 e. The molecule has 0 unspecified atom stereocenters. The van der Waals surface area contributed by atoms with E-state index >= 15 is 0 Å². The monoisotopic (exact) mass is 453 g/mol. The number of anilines is 1. The second-order valence-electron chi connectivity index (χ2n) is 6.95. The number of rotatable bonds is 6. The second-order valence-corrected chi connectivity index (χ2v) is 6.95. The zero-order valence-corrected chi connectivity index (χ0v) is 17.1. The van der Waals surface area contributed by atoms with Crippen LogP contribution in [0, 0.1) is 17.5 Å². The van der Waals surface area contributed by atoms with Crippen molar-refractivity contribution >= 4 is 22.9 Å². The number of para-hydroxylation sites is 1. The maximum absolute atomic E-state index is 14.7. The Hall–Kier alpha value is -4.41. The van der Waals surface area contributed by atoms with E-state index in [4.69, 9.17) is 11.5 Å². The van der Waals surface area contributed by atoms with Gasteiger partial charge in [0.25, 0.3) is 5.56 Å². The topological polar surface area (TPSA) is 124 Å². The number of aromatic nitrogens is 3. The molecule has 11 heteroatoms. The predicted molar refractivity (Wildman–Crippen MR) is 120 cm³/mol. The largest absolute Gasteiger partial charge is 0.370 e. The van der Waals surface area contributed by atoms with Crippen LogP contribution in [0.3, 0.4) is 0 Å². The molecule has 5 N–H and O–H groups in total. The minimum absolute atomic E-state index is 0.0164. The van der Waals surface area contributed by atoms with E-state index in [9.17, 15) is 18.0 Å². The van der Waals surface area contributed by atoms with E-state index in [0.717, 1.165) is 16.7 Å². The fourth-order valence-electron chi connectivity index (χ4n) is 3.30. The van der Waals surface area contributed by atoms with Gasteiger partial charge in [-0.1, -0.05) is 12.1 Å². The summed E-state index contributed by atoms with van der Waals surface area (Å²) in [4.78, 5) is 25.3. The van der Waals surface area contributed by atoms with Crippen LogP contribution in [-0.2, 0) is 0 Å². The van der Waals surface area contributed by atoms with Crippen LogP contribution in [0.4, 0.5) is 19.1 Å². The van der Waals surface area contributed by atoms with Crippen molar-refractivity contribution in [3.63, 3.8) is 0 Å². The van der Waals surface area contributed by atoms with Gasteiger partial charge in [0.1, 0.15) is 17.5 Å². The molecule has 2 aromatic carbocycles. The molecule has 0 saturated heterocycles. The van der Waals surface area contributed by atoms with Crippen LogP contribution in [0.1, 0.15) is 0 Å². The minimum Gasteiger partial charge on any atom is -0.370 e. The fraction of sp³-hybridized carbons (Fsp3) is 0.0909. The number of nitrogens with zero attached hydrogens (tertiary/aromatic N) is 4. The van der Waals surface area contributed by atoms with E-state index in [1.807, 2.05) is 0 Å². The number of nitrogens with one attached hydrogen (secondary N) is 1. The lowest BCUT2D eigenvalue weighted by atomic mass is 10.1. The molecule has 0 radical (unpaired) electrons. The lowest BCUT2D eigenvalue weighted by Gasteiger charge is -2.15. The van der Waals surface area contributed by atoms with E-state index in [0.29, 0.717) is 0 Å². The van der Waals surface area contributed by atoms with E-state index < -0.39 is 23.0 Å². The van der Waals surface area contributed by atoms with Gasteiger partial charge in [0.15, 0.2) is 11.6 Å². The molecule has 2 heterocycles. The molecule has 0 saturated carbocycles. The first-order chi connectivity index (χ1) is 15.8. The van der Waals surface area contributed by atoms with E-state index in [1.165, 1.54) is 36.4 Å². The van der Waals surface area contributed by atoms with Gasteiger partial charge in [-0.05, 0) is 30.3 Å². The summed E-state index contributed by atoms with van der Waals surface area (Å²) in [6, 6.07) is 11.3. The first-order valence-corrected chi connectivity index (χ1v) is 9.78. The van der Waals surface area contributed by atoms with Crippen molar-refractivity contribution in [1.82, 2.24) is 14.5 Å². The van der Waals surface area contributed by atoms with Crippen LogP contribution >= 0.6 is 0 Å². The quantitative estimate of drug-likeness (QED) is 0.234. The van der Waals surface area contributed by atoms with Crippen molar-refractivity contribution in [3.05, 3.63) is 82.4 Å². The zero-order valence-electron chi connectivity index (χ0n) is 17.1. The molecule has 2 aromatic heterocycles. The molecule has 0 atom stereocenters. The van der Waals surface area contributed by atoms with Crippen LogP contribution in [0.15, 0.2) is 64.4 Å². The Morgan fingerprint density at radius 2 is 1.79 bits per heavy atom. The molecule has 4 rings (SSSR count). The maximum atomic E-state index is 14.7. The van der Waals surface area contributed by atoms with Gasteiger partial charge in [0.05, 0.1) is 17.9 Å². The lowest BCUT2D eigenvalue weighted by molar-refractivity contribution is 0.585. The average Bonchev–Trinajstić information content (AvgIpc) is 2.77. The lowest BCUT2D eigenvalue weighted by Crippen LogP contribution is -2.24. The van der Waals surface area contributed by atoms with Crippen molar-refractivity contribution in [2.24, 2.45) is 16.5 Å². The molecular formula is C22H18F3N7O. The summed E-state index contributed by atoms with van der Waals surface area (Å²) in [6.45, 7) is 0.407. The summed E-state index contributed by atoms with van der Waals surface area (Å²) in [5, 5.41) is 3.16. The third-order valence-corrected chi connectivity index (χ3v) is 4.72. The highest BCUT2D eigenvalue weighted by atomic mass is 19.1. The van der Waals surface area contributed by atoms with Gasteiger partial charge >= 0.3 is 0 Å². The summed E-state index contributed by atoms with van der Waals surface area (Å²) >= 11 is 0. The molecule has 0 bridgehead atoms. The fourth-order valence-corrected chi connectivity index (χ4v) is 3.30. The van der Waals surface area contributed by atoms with Gasteiger partial charge in [-0.25, -0.2) is 18.2 Å². The molecule has 0 aliphatic carbocycles. The van der Waals surface area contributed by atoms with Crippen LogP contribution in [-0.4, -0.2) is 33.6 Å².